The van der Waals surface area contributed by atoms with E-state index in [0.717, 1.165) is 5.56 Å². The van der Waals surface area contributed by atoms with Crippen LogP contribution in [-0.2, 0) is 0 Å². The number of rotatable bonds is 2. The summed E-state index contributed by atoms with van der Waals surface area (Å²) >= 11 is 0. The fourth-order valence-electron chi connectivity index (χ4n) is 1.50. The summed E-state index contributed by atoms with van der Waals surface area (Å²) in [6.07, 6.45) is 1.54. The standard InChI is InChI=1S/C14H13NO2/c1-10-5-4-6-11(14(10)17)9-15-12-7-2-3-8-13(12)16/h2-9,16-17H,1H3. The highest BCUT2D eigenvalue weighted by molar-refractivity contribution is 5.86. The van der Waals surface area contributed by atoms with Crippen LogP contribution in [0.5, 0.6) is 11.5 Å². The first-order chi connectivity index (χ1) is 8.18. The summed E-state index contributed by atoms with van der Waals surface area (Å²) in [6, 6.07) is 12.3. The maximum atomic E-state index is 9.79. The van der Waals surface area contributed by atoms with Gasteiger partial charge in [0.1, 0.15) is 17.2 Å². The number of phenols is 2. The van der Waals surface area contributed by atoms with E-state index in [0.29, 0.717) is 11.3 Å². The Morgan fingerprint density at radius 3 is 2.53 bits per heavy atom. The van der Waals surface area contributed by atoms with Gasteiger partial charge < -0.3 is 10.2 Å². The van der Waals surface area contributed by atoms with Gasteiger partial charge in [-0.3, -0.25) is 4.99 Å². The highest BCUT2D eigenvalue weighted by atomic mass is 16.3. The molecule has 0 aliphatic carbocycles. The van der Waals surface area contributed by atoms with Gasteiger partial charge >= 0.3 is 0 Å². The molecule has 0 aliphatic heterocycles. The molecule has 2 aromatic rings. The summed E-state index contributed by atoms with van der Waals surface area (Å²) < 4.78 is 0. The molecule has 0 atom stereocenters. The third-order valence-corrected chi connectivity index (χ3v) is 2.49. The first kappa shape index (κ1) is 11.2. The van der Waals surface area contributed by atoms with Crippen LogP contribution in [0.4, 0.5) is 5.69 Å². The molecule has 0 spiro atoms. The van der Waals surface area contributed by atoms with E-state index >= 15 is 0 Å². The summed E-state index contributed by atoms with van der Waals surface area (Å²) in [6.45, 7) is 1.83. The van der Waals surface area contributed by atoms with Gasteiger partial charge in [0, 0.05) is 11.8 Å². The van der Waals surface area contributed by atoms with Crippen molar-refractivity contribution in [1.29, 1.82) is 0 Å². The molecule has 17 heavy (non-hydrogen) atoms. The van der Waals surface area contributed by atoms with E-state index in [9.17, 15) is 10.2 Å². The van der Waals surface area contributed by atoms with Crippen LogP contribution in [0.3, 0.4) is 0 Å². The smallest absolute Gasteiger partial charge is 0.141 e. The zero-order chi connectivity index (χ0) is 12.3. The van der Waals surface area contributed by atoms with Crippen molar-refractivity contribution in [1.82, 2.24) is 0 Å². The first-order valence-electron chi connectivity index (χ1n) is 5.29. The van der Waals surface area contributed by atoms with Gasteiger partial charge in [0.25, 0.3) is 0 Å². The fourth-order valence-corrected chi connectivity index (χ4v) is 1.50. The van der Waals surface area contributed by atoms with Gasteiger partial charge in [-0.25, -0.2) is 0 Å². The Kier molecular flexibility index (Phi) is 3.10. The Hall–Kier alpha value is -2.29. The van der Waals surface area contributed by atoms with Crippen molar-refractivity contribution >= 4 is 11.9 Å². The van der Waals surface area contributed by atoms with E-state index in [2.05, 4.69) is 4.99 Å². The topological polar surface area (TPSA) is 52.8 Å². The molecule has 0 bridgehead atoms. The van der Waals surface area contributed by atoms with E-state index in [1.54, 1.807) is 30.3 Å². The predicted molar refractivity (Wildman–Crippen MR) is 68.2 cm³/mol. The van der Waals surface area contributed by atoms with Crippen LogP contribution in [0, 0.1) is 6.92 Å². The molecule has 2 N–H and O–H groups in total. The van der Waals surface area contributed by atoms with E-state index in [1.165, 1.54) is 6.21 Å². The summed E-state index contributed by atoms with van der Waals surface area (Å²) in [5.74, 6) is 0.336. The lowest BCUT2D eigenvalue weighted by Gasteiger charge is -2.02. The molecule has 0 unspecified atom stereocenters. The number of hydrogen-bond donors (Lipinski definition) is 2. The number of para-hydroxylation sites is 3. The van der Waals surface area contributed by atoms with Crippen molar-refractivity contribution in [2.45, 2.75) is 6.92 Å². The van der Waals surface area contributed by atoms with Crippen LogP contribution >= 0.6 is 0 Å². The molecule has 0 radical (unpaired) electrons. The predicted octanol–water partition coefficient (Wildman–Crippen LogP) is 3.16. The van der Waals surface area contributed by atoms with Gasteiger partial charge in [-0.1, -0.05) is 24.3 Å². The molecule has 2 aromatic carbocycles. The fraction of sp³-hybridized carbons (Fsp3) is 0.0714. The lowest BCUT2D eigenvalue weighted by molar-refractivity contribution is 0.470. The maximum Gasteiger partial charge on any atom is 0.141 e. The number of aryl methyl sites for hydroxylation is 1. The van der Waals surface area contributed by atoms with Crippen LogP contribution < -0.4 is 0 Å². The molecule has 3 nitrogen and oxygen atoms in total. The quantitative estimate of drug-likeness (QED) is 0.774. The van der Waals surface area contributed by atoms with Crippen LogP contribution in [0.2, 0.25) is 0 Å². The molecule has 0 saturated heterocycles. The number of phenolic OH excluding ortho intramolecular Hbond substituents is 2. The van der Waals surface area contributed by atoms with Gasteiger partial charge in [0.2, 0.25) is 0 Å². The molecule has 86 valence electrons. The molecule has 0 fully saturated rings. The zero-order valence-electron chi connectivity index (χ0n) is 9.46. The van der Waals surface area contributed by atoms with Crippen LogP contribution in [-0.4, -0.2) is 16.4 Å². The Morgan fingerprint density at radius 1 is 1.00 bits per heavy atom. The number of benzene rings is 2. The average molecular weight is 227 g/mol. The summed E-state index contributed by atoms with van der Waals surface area (Å²) in [4.78, 5) is 4.14. The largest absolute Gasteiger partial charge is 0.507 e. The molecule has 0 aromatic heterocycles. The first-order valence-corrected chi connectivity index (χ1v) is 5.29. The number of aliphatic imine (C=N–C) groups is 1. The van der Waals surface area contributed by atoms with Gasteiger partial charge in [-0.05, 0) is 30.7 Å². The van der Waals surface area contributed by atoms with Gasteiger partial charge in [-0.15, -0.1) is 0 Å². The lowest BCUT2D eigenvalue weighted by Crippen LogP contribution is -1.84. The second-order valence-corrected chi connectivity index (χ2v) is 3.76. The summed E-state index contributed by atoms with van der Waals surface area (Å²) in [7, 11) is 0. The minimum absolute atomic E-state index is 0.121. The number of nitrogens with zero attached hydrogens (tertiary/aromatic N) is 1. The van der Waals surface area contributed by atoms with Gasteiger partial charge in [0.15, 0.2) is 0 Å². The Labute approximate surface area is 99.7 Å². The normalized spacial score (nSPS) is 10.9. The van der Waals surface area contributed by atoms with Crippen molar-refractivity contribution in [3.05, 3.63) is 53.6 Å². The minimum atomic E-state index is 0.121. The van der Waals surface area contributed by atoms with Crippen molar-refractivity contribution in [3.63, 3.8) is 0 Å². The van der Waals surface area contributed by atoms with Crippen molar-refractivity contribution in [2.75, 3.05) is 0 Å². The highest BCUT2D eigenvalue weighted by Crippen LogP contribution is 2.26. The molecule has 0 aliphatic rings. The average Bonchev–Trinajstić information content (AvgIpc) is 2.33. The Bertz CT molecular complexity index is 562. The van der Waals surface area contributed by atoms with Crippen LogP contribution in [0.1, 0.15) is 11.1 Å². The van der Waals surface area contributed by atoms with Crippen molar-refractivity contribution in [3.8, 4) is 11.5 Å². The lowest BCUT2D eigenvalue weighted by atomic mass is 10.1. The monoisotopic (exact) mass is 227 g/mol. The van der Waals surface area contributed by atoms with E-state index in [4.69, 9.17) is 0 Å². The Balaban J connectivity index is 2.33. The molecule has 0 heterocycles. The zero-order valence-corrected chi connectivity index (χ0v) is 9.46. The second-order valence-electron chi connectivity index (χ2n) is 3.76. The molecule has 0 amide bonds. The summed E-state index contributed by atoms with van der Waals surface area (Å²) in [5, 5.41) is 19.3. The van der Waals surface area contributed by atoms with Crippen LogP contribution in [0.15, 0.2) is 47.5 Å². The van der Waals surface area contributed by atoms with Gasteiger partial charge in [0.05, 0.1) is 0 Å². The van der Waals surface area contributed by atoms with E-state index < -0.39 is 0 Å². The van der Waals surface area contributed by atoms with E-state index in [1.807, 2.05) is 19.1 Å². The molecular weight excluding hydrogens is 214 g/mol. The van der Waals surface area contributed by atoms with Crippen molar-refractivity contribution in [2.24, 2.45) is 4.99 Å². The summed E-state index contributed by atoms with van der Waals surface area (Å²) in [5.41, 5.74) is 1.91. The molecule has 2 rings (SSSR count). The number of aromatic hydroxyl groups is 2. The van der Waals surface area contributed by atoms with Gasteiger partial charge in [-0.2, -0.15) is 0 Å². The Morgan fingerprint density at radius 2 is 1.76 bits per heavy atom. The maximum absolute atomic E-state index is 9.79. The molecular formula is C14H13NO2. The SMILES string of the molecule is Cc1cccc(C=Nc2ccccc2O)c1O. The van der Waals surface area contributed by atoms with Crippen LogP contribution in [0.25, 0.3) is 0 Å². The molecule has 0 saturated carbocycles. The number of hydrogen-bond acceptors (Lipinski definition) is 3. The van der Waals surface area contributed by atoms with Crippen molar-refractivity contribution < 1.29 is 10.2 Å². The minimum Gasteiger partial charge on any atom is -0.507 e. The molecule has 3 heteroatoms. The highest BCUT2D eigenvalue weighted by Gasteiger charge is 2.01. The second kappa shape index (κ2) is 4.70. The van der Waals surface area contributed by atoms with E-state index in [-0.39, 0.29) is 11.5 Å². The third-order valence-electron chi connectivity index (χ3n) is 2.49. The third kappa shape index (κ3) is 2.45.